The minimum atomic E-state index is -0.942. The summed E-state index contributed by atoms with van der Waals surface area (Å²) in [4.78, 5) is 96.2. The Bertz CT molecular complexity index is 2490. The molecule has 16 atom stereocenters. The number of carboxylic acids is 1. The van der Waals surface area contributed by atoms with Crippen LogP contribution in [0.3, 0.4) is 0 Å². The first-order valence-electron chi connectivity index (χ1n) is 33.8. The summed E-state index contributed by atoms with van der Waals surface area (Å²) in [6.07, 6.45) is 31.8. The van der Waals surface area contributed by atoms with Crippen molar-refractivity contribution < 1.29 is 63.0 Å². The molecule has 4 amide bonds. The highest BCUT2D eigenvalue weighted by Gasteiger charge is 2.61. The van der Waals surface area contributed by atoms with Crippen LogP contribution >= 0.6 is 0 Å². The zero-order chi connectivity index (χ0) is 61.8. The van der Waals surface area contributed by atoms with E-state index >= 15 is 0 Å². The number of fused-ring (bicyclic) bond motifs is 10. The molecule has 476 valence electrons. The Hall–Kier alpha value is -4.40. The average Bonchev–Trinajstić information content (AvgIpc) is 1.75. The number of imide groups is 2. The highest BCUT2D eigenvalue weighted by atomic mass is 16.7. The maximum Gasteiger partial charge on any atom is 0.333 e. The quantitative estimate of drug-likeness (QED) is 0.0534. The van der Waals surface area contributed by atoms with Crippen LogP contribution in [0.15, 0.2) is 23.3 Å². The van der Waals surface area contributed by atoms with Crippen molar-refractivity contribution in [1.29, 1.82) is 0 Å². The Morgan fingerprint density at radius 1 is 0.518 bits per heavy atom. The summed E-state index contributed by atoms with van der Waals surface area (Å²) in [6.45, 7) is 24.7. The average molecular weight is 1190 g/mol. The molecule has 0 aromatic carbocycles. The lowest BCUT2D eigenvalue weighted by Crippen LogP contribution is -2.51. The number of esters is 2. The monoisotopic (exact) mass is 1180 g/mol. The molecule has 10 rings (SSSR count). The normalized spacial score (nSPS) is 36.2. The van der Waals surface area contributed by atoms with Crippen LogP contribution < -0.4 is 0 Å². The smallest absolute Gasteiger partial charge is 0.333 e. The van der Waals surface area contributed by atoms with Gasteiger partial charge in [-0.05, 0) is 183 Å². The van der Waals surface area contributed by atoms with E-state index in [1.54, 1.807) is 0 Å². The first-order chi connectivity index (χ1) is 40.2. The standard InChI is InChI=1S/C35H53NO6.C31H50O4.C4H5NO3/c1-22(2)7-6-8-23(3)27-11-12-28-26-10-9-24-21-25(17-19-34(24,4)29(26)18-20-35(27,28)5)41-32(39)15-16-33(40)42-36-30(37)13-14-31(36)38;1-20(2)7-6-8-21(3)25-11-12-26-24-10-9-22-19-23(35-29(34)14-13-28(32)33)15-17-30(22,4)27(24)16-18-31(25,26)5;6-3-1-2-4(7)5(3)8/h9,22-23,25-29H,6-8,10-21H2,1-5H3;9,20-21,23-27H,6-8,10-19H2,1-5H3,(H,32,33);8H,1-2H2. The minimum absolute atomic E-state index is 0.0236. The van der Waals surface area contributed by atoms with Crippen molar-refractivity contribution in [2.24, 2.45) is 92.7 Å². The Balaban J connectivity index is 0.000000198. The molecule has 15 nitrogen and oxygen atoms in total. The molecule has 0 aromatic heterocycles. The Labute approximate surface area is 508 Å². The fraction of sp³-hybridized carbons (Fsp3) is 0.829. The Morgan fingerprint density at radius 2 is 0.918 bits per heavy atom. The molecule has 2 saturated heterocycles. The van der Waals surface area contributed by atoms with Crippen molar-refractivity contribution >= 4 is 47.5 Å². The zero-order valence-electron chi connectivity index (χ0n) is 53.7. The summed E-state index contributed by atoms with van der Waals surface area (Å²) in [6, 6.07) is 0. The number of carbonyl (C=O) groups is 8. The van der Waals surface area contributed by atoms with Crippen LogP contribution in [0.1, 0.15) is 262 Å². The van der Waals surface area contributed by atoms with Crippen molar-refractivity contribution in [1.82, 2.24) is 10.1 Å². The third-order valence-electron chi connectivity index (χ3n) is 24.4. The molecule has 2 N–H and O–H groups in total. The molecule has 10 aliphatic rings. The summed E-state index contributed by atoms with van der Waals surface area (Å²) in [5, 5.41) is 17.9. The third kappa shape index (κ3) is 14.9. The fourth-order valence-electron chi connectivity index (χ4n) is 19.8. The molecule has 0 bridgehead atoms. The second kappa shape index (κ2) is 28.0. The van der Waals surface area contributed by atoms with Gasteiger partial charge >= 0.3 is 23.9 Å². The maximum atomic E-state index is 12.6. The molecule has 2 heterocycles. The van der Waals surface area contributed by atoms with Gasteiger partial charge in [-0.1, -0.05) is 131 Å². The minimum Gasteiger partial charge on any atom is -0.481 e. The molecule has 16 unspecified atom stereocenters. The van der Waals surface area contributed by atoms with Crippen LogP contribution in [0.25, 0.3) is 0 Å². The highest BCUT2D eigenvalue weighted by Crippen LogP contribution is 2.69. The van der Waals surface area contributed by atoms with Crippen LogP contribution in [0.5, 0.6) is 0 Å². The van der Waals surface area contributed by atoms with E-state index in [0.29, 0.717) is 21.8 Å². The van der Waals surface area contributed by atoms with E-state index in [2.05, 4.69) is 81.4 Å². The zero-order valence-corrected chi connectivity index (χ0v) is 53.7. The van der Waals surface area contributed by atoms with Gasteiger partial charge < -0.3 is 19.4 Å². The summed E-state index contributed by atoms with van der Waals surface area (Å²) in [7, 11) is 0. The van der Waals surface area contributed by atoms with E-state index in [4.69, 9.17) is 24.6 Å². The number of carbonyl (C=O) groups excluding carboxylic acids is 7. The molecular weight excluding hydrogens is 1080 g/mol. The number of amides is 4. The molecule has 0 radical (unpaired) electrons. The van der Waals surface area contributed by atoms with Gasteiger partial charge in [0.05, 0.1) is 25.7 Å². The summed E-state index contributed by atoms with van der Waals surface area (Å²) in [5.74, 6) is 5.22. The summed E-state index contributed by atoms with van der Waals surface area (Å²) in [5.41, 5.74) is 4.40. The van der Waals surface area contributed by atoms with Crippen molar-refractivity contribution in [3.05, 3.63) is 23.3 Å². The van der Waals surface area contributed by atoms with E-state index in [0.717, 1.165) is 110 Å². The predicted octanol–water partition coefficient (Wildman–Crippen LogP) is 14.7. The number of rotatable bonds is 19. The lowest BCUT2D eigenvalue weighted by Gasteiger charge is -2.58. The second-order valence-corrected chi connectivity index (χ2v) is 30.3. The van der Waals surface area contributed by atoms with Crippen LogP contribution in [0, 0.1) is 92.7 Å². The number of hydrogen-bond donors (Lipinski definition) is 2. The highest BCUT2D eigenvalue weighted by molar-refractivity contribution is 6.01. The summed E-state index contributed by atoms with van der Waals surface area (Å²) < 4.78 is 11.5. The van der Waals surface area contributed by atoms with Crippen LogP contribution in [-0.4, -0.2) is 80.2 Å². The number of aliphatic carboxylic acids is 1. The van der Waals surface area contributed by atoms with Crippen molar-refractivity contribution in [3.8, 4) is 0 Å². The van der Waals surface area contributed by atoms with Gasteiger partial charge in [0.2, 0.25) is 0 Å². The van der Waals surface area contributed by atoms with E-state index in [1.807, 2.05) is 0 Å². The number of hydroxylamine groups is 4. The molecule has 8 fully saturated rings. The Kier molecular flexibility index (Phi) is 21.9. The van der Waals surface area contributed by atoms with Gasteiger partial charge in [0, 0.05) is 38.5 Å². The molecule has 6 saturated carbocycles. The van der Waals surface area contributed by atoms with E-state index in [9.17, 15) is 38.4 Å². The third-order valence-corrected chi connectivity index (χ3v) is 24.4. The number of nitrogens with zero attached hydrogens (tertiary/aromatic N) is 2. The van der Waals surface area contributed by atoms with Crippen LogP contribution in [0.4, 0.5) is 0 Å². The van der Waals surface area contributed by atoms with E-state index < -0.39 is 41.5 Å². The molecule has 2 aliphatic heterocycles. The van der Waals surface area contributed by atoms with Crippen LogP contribution in [0.2, 0.25) is 0 Å². The van der Waals surface area contributed by atoms with Gasteiger partial charge in [0.15, 0.2) is 0 Å². The number of allylic oxidation sites excluding steroid dienone is 2. The number of ether oxygens (including phenoxy) is 2. The fourth-order valence-corrected chi connectivity index (χ4v) is 19.8. The van der Waals surface area contributed by atoms with Crippen molar-refractivity contribution in [2.75, 3.05) is 0 Å². The van der Waals surface area contributed by atoms with Gasteiger partial charge in [0.25, 0.3) is 23.6 Å². The van der Waals surface area contributed by atoms with Gasteiger partial charge in [0.1, 0.15) is 12.2 Å². The van der Waals surface area contributed by atoms with Gasteiger partial charge in [-0.25, -0.2) is 4.79 Å². The van der Waals surface area contributed by atoms with Crippen molar-refractivity contribution in [2.45, 2.75) is 274 Å². The first-order valence-corrected chi connectivity index (χ1v) is 33.8. The lowest BCUT2D eigenvalue weighted by atomic mass is 9.47. The molecule has 8 aliphatic carbocycles. The van der Waals surface area contributed by atoms with Crippen molar-refractivity contribution in [3.63, 3.8) is 0 Å². The number of hydrogen-bond acceptors (Lipinski definition) is 12. The topological polar surface area (TPSA) is 211 Å². The molecular formula is C70H108N2O13. The SMILES string of the molecule is CC(C)CCCC(C)C1CCC2C3CC=C4CC(OC(=O)CCC(=O)O)CCC4(C)C3CCC12C.CC(C)CCCC(C)C1CCC2C3CC=C4CC(OC(=O)CCC(=O)ON5C(=O)CCC5=O)CCC4(C)C3CCC12C.O=C1CCC(=O)N1O. The maximum absolute atomic E-state index is 12.6. The lowest BCUT2D eigenvalue weighted by molar-refractivity contribution is -0.197. The van der Waals surface area contributed by atoms with Gasteiger partial charge in [-0.15, -0.1) is 5.06 Å². The van der Waals surface area contributed by atoms with Gasteiger partial charge in [-0.3, -0.25) is 38.8 Å². The summed E-state index contributed by atoms with van der Waals surface area (Å²) >= 11 is 0. The number of carboxylic acid groups (broad SMARTS) is 1. The predicted molar refractivity (Wildman–Crippen MR) is 322 cm³/mol. The van der Waals surface area contributed by atoms with E-state index in [-0.39, 0.29) is 85.4 Å². The Morgan fingerprint density at radius 3 is 1.31 bits per heavy atom. The molecule has 0 spiro atoms. The van der Waals surface area contributed by atoms with E-state index in [1.165, 1.54) is 107 Å². The molecule has 0 aromatic rings. The van der Waals surface area contributed by atoms with Gasteiger partial charge in [-0.2, -0.15) is 5.06 Å². The second-order valence-electron chi connectivity index (χ2n) is 30.3. The molecule has 15 heteroatoms. The largest absolute Gasteiger partial charge is 0.481 e. The molecule has 85 heavy (non-hydrogen) atoms. The first kappa shape index (κ1) is 66.6. The van der Waals surface area contributed by atoms with Crippen LogP contribution in [-0.2, 0) is 52.7 Å².